The largest absolute Gasteiger partial charge is 0.487 e. The second-order valence-electron chi connectivity index (χ2n) is 7.72. The smallest absolute Gasteiger partial charge is 0.217 e. The maximum Gasteiger partial charge on any atom is 0.217 e. The van der Waals surface area contributed by atoms with Crippen molar-refractivity contribution in [1.29, 1.82) is 0 Å². The molecule has 0 aliphatic rings. The van der Waals surface area contributed by atoms with Crippen molar-refractivity contribution in [1.82, 2.24) is 20.1 Å². The fourth-order valence-electron chi connectivity index (χ4n) is 3.77. The molecule has 0 radical (unpaired) electrons. The minimum Gasteiger partial charge on any atom is -0.487 e. The van der Waals surface area contributed by atoms with E-state index in [1.54, 1.807) is 25.1 Å². The maximum absolute atomic E-state index is 14.1. The van der Waals surface area contributed by atoms with Gasteiger partial charge in [0.25, 0.3) is 0 Å². The van der Waals surface area contributed by atoms with E-state index in [2.05, 4.69) is 15.4 Å². The summed E-state index contributed by atoms with van der Waals surface area (Å²) < 4.78 is 35.1. The summed E-state index contributed by atoms with van der Waals surface area (Å²) in [6.07, 6.45) is 2.38. The molecule has 0 aliphatic carbocycles. The lowest BCUT2D eigenvalue weighted by Crippen LogP contribution is -2.29. The number of aryl methyl sites for hydroxylation is 1. The molecule has 2 N–H and O–H groups in total. The monoisotopic (exact) mass is 486 g/mol. The maximum atomic E-state index is 14.1. The second kappa shape index (κ2) is 9.74. The highest BCUT2D eigenvalue weighted by molar-refractivity contribution is 6.31. The van der Waals surface area contributed by atoms with Crippen LogP contribution in [-0.4, -0.2) is 32.4 Å². The van der Waals surface area contributed by atoms with Gasteiger partial charge < -0.3 is 15.2 Å². The highest BCUT2D eigenvalue weighted by Crippen LogP contribution is 2.32. The molecule has 4 aromatic rings. The fourth-order valence-corrected chi connectivity index (χ4v) is 4.04. The number of amides is 1. The molecule has 1 amide bonds. The zero-order chi connectivity index (χ0) is 24.4. The Labute approximate surface area is 198 Å². The van der Waals surface area contributed by atoms with Crippen LogP contribution in [-0.2, 0) is 11.4 Å². The van der Waals surface area contributed by atoms with Crippen molar-refractivity contribution in [3.63, 3.8) is 0 Å². The van der Waals surface area contributed by atoms with Crippen LogP contribution in [0.5, 0.6) is 5.75 Å². The average molecular weight is 487 g/mol. The van der Waals surface area contributed by atoms with Gasteiger partial charge in [-0.15, -0.1) is 0 Å². The third kappa shape index (κ3) is 4.85. The van der Waals surface area contributed by atoms with Crippen molar-refractivity contribution < 1.29 is 23.4 Å². The number of fused-ring (bicyclic) bond motifs is 1. The van der Waals surface area contributed by atoms with Gasteiger partial charge in [0.05, 0.1) is 35.8 Å². The summed E-state index contributed by atoms with van der Waals surface area (Å²) in [5, 5.41) is 17.2. The zero-order valence-electron chi connectivity index (χ0n) is 18.3. The van der Waals surface area contributed by atoms with Gasteiger partial charge in [-0.05, 0) is 36.8 Å². The van der Waals surface area contributed by atoms with E-state index in [1.165, 1.54) is 23.9 Å². The minimum absolute atomic E-state index is 0.0784. The van der Waals surface area contributed by atoms with Gasteiger partial charge in [-0.3, -0.25) is 4.79 Å². The third-order valence-corrected chi connectivity index (χ3v) is 5.55. The Morgan fingerprint density at radius 3 is 2.74 bits per heavy atom. The number of hydrogen-bond acceptors (Lipinski definition) is 5. The lowest BCUT2D eigenvalue weighted by atomic mass is 10.0. The van der Waals surface area contributed by atoms with Crippen molar-refractivity contribution in [3.8, 4) is 11.4 Å². The standard InChI is InChI=1S/C24H21ClF2N4O3/c1-13-6-22(31-10-16(27)9-28-31)17-4-3-5-23(24(17)29-13)34-12-19-18(7-15(26)8-20(19)25)21(11-32)30-14(2)33/h3-10,21,32H,11-12H2,1-2H3,(H,30,33). The molecule has 0 fully saturated rings. The minimum atomic E-state index is -0.862. The number of halogens is 3. The van der Waals surface area contributed by atoms with E-state index >= 15 is 0 Å². The number of pyridine rings is 1. The Morgan fingerprint density at radius 2 is 2.06 bits per heavy atom. The van der Waals surface area contributed by atoms with Gasteiger partial charge in [0, 0.05) is 23.6 Å². The van der Waals surface area contributed by atoms with Gasteiger partial charge in [-0.25, -0.2) is 18.4 Å². The van der Waals surface area contributed by atoms with Crippen molar-refractivity contribution in [3.05, 3.63) is 82.3 Å². The molecule has 0 spiro atoms. The Hall–Kier alpha value is -3.56. The molecule has 7 nitrogen and oxygen atoms in total. The number of aromatic nitrogens is 3. The molecule has 2 aromatic carbocycles. The molecular weight excluding hydrogens is 466 g/mol. The van der Waals surface area contributed by atoms with Crippen molar-refractivity contribution >= 4 is 28.4 Å². The van der Waals surface area contributed by atoms with Crippen LogP contribution in [0.1, 0.15) is 29.8 Å². The molecule has 2 aromatic heterocycles. The van der Waals surface area contributed by atoms with Gasteiger partial charge in [0.15, 0.2) is 5.82 Å². The molecule has 0 saturated carbocycles. The number of carbonyl (C=O) groups is 1. The quantitative estimate of drug-likeness (QED) is 0.404. The Morgan fingerprint density at radius 1 is 1.26 bits per heavy atom. The number of nitrogens with one attached hydrogen (secondary N) is 1. The van der Waals surface area contributed by atoms with Crippen LogP contribution in [0, 0.1) is 18.6 Å². The molecular formula is C24H21ClF2N4O3. The number of hydrogen-bond donors (Lipinski definition) is 2. The molecule has 0 bridgehead atoms. The molecule has 0 aliphatic heterocycles. The Bertz CT molecular complexity index is 1380. The molecule has 1 atom stereocenters. The van der Waals surface area contributed by atoms with Gasteiger partial charge in [0.2, 0.25) is 5.91 Å². The van der Waals surface area contributed by atoms with Gasteiger partial charge in [-0.1, -0.05) is 23.7 Å². The Balaban J connectivity index is 1.74. The predicted octanol–water partition coefficient (Wildman–Crippen LogP) is 4.41. The molecule has 1 unspecified atom stereocenters. The van der Waals surface area contributed by atoms with E-state index in [0.29, 0.717) is 39.2 Å². The second-order valence-corrected chi connectivity index (χ2v) is 8.13. The number of benzene rings is 2. The van der Waals surface area contributed by atoms with Crippen molar-refractivity contribution in [2.75, 3.05) is 6.61 Å². The summed E-state index contributed by atoms with van der Waals surface area (Å²) in [7, 11) is 0. The summed E-state index contributed by atoms with van der Waals surface area (Å²) in [5.41, 5.74) is 2.53. The first kappa shape index (κ1) is 23.6. The number of ether oxygens (including phenoxy) is 1. The van der Waals surface area contributed by atoms with Crippen molar-refractivity contribution in [2.24, 2.45) is 0 Å². The normalized spacial score (nSPS) is 12.1. The van der Waals surface area contributed by atoms with Crippen molar-refractivity contribution in [2.45, 2.75) is 26.5 Å². The Kier molecular flexibility index (Phi) is 6.76. The summed E-state index contributed by atoms with van der Waals surface area (Å²) in [6.45, 7) is 2.57. The van der Waals surface area contributed by atoms with Crippen LogP contribution >= 0.6 is 11.6 Å². The summed E-state index contributed by atoms with van der Waals surface area (Å²) in [5.74, 6) is -1.04. The predicted molar refractivity (Wildman–Crippen MR) is 123 cm³/mol. The summed E-state index contributed by atoms with van der Waals surface area (Å²) >= 11 is 6.31. The van der Waals surface area contributed by atoms with Crippen LogP contribution in [0.2, 0.25) is 5.02 Å². The lowest BCUT2D eigenvalue weighted by Gasteiger charge is -2.21. The van der Waals surface area contributed by atoms with Gasteiger partial charge in [0.1, 0.15) is 23.7 Å². The van der Waals surface area contributed by atoms with E-state index in [0.717, 1.165) is 12.3 Å². The summed E-state index contributed by atoms with van der Waals surface area (Å²) in [6, 6.07) is 8.57. The zero-order valence-corrected chi connectivity index (χ0v) is 19.1. The number of para-hydroxylation sites is 1. The first-order chi connectivity index (χ1) is 16.3. The van der Waals surface area contributed by atoms with E-state index in [4.69, 9.17) is 16.3 Å². The van der Waals surface area contributed by atoms with Crippen LogP contribution in [0.25, 0.3) is 16.6 Å². The van der Waals surface area contributed by atoms with E-state index in [-0.39, 0.29) is 17.5 Å². The van der Waals surface area contributed by atoms with Crippen LogP contribution in [0.15, 0.2) is 48.8 Å². The van der Waals surface area contributed by atoms with E-state index in [9.17, 15) is 18.7 Å². The molecule has 0 saturated heterocycles. The highest BCUT2D eigenvalue weighted by Gasteiger charge is 2.21. The lowest BCUT2D eigenvalue weighted by molar-refractivity contribution is -0.120. The average Bonchev–Trinajstić information content (AvgIpc) is 3.22. The summed E-state index contributed by atoms with van der Waals surface area (Å²) in [4.78, 5) is 16.1. The molecule has 2 heterocycles. The number of nitrogens with zero attached hydrogens (tertiary/aromatic N) is 3. The third-order valence-electron chi connectivity index (χ3n) is 5.21. The van der Waals surface area contributed by atoms with Gasteiger partial charge in [-0.2, -0.15) is 5.10 Å². The first-order valence-electron chi connectivity index (χ1n) is 10.4. The number of aliphatic hydroxyl groups is 1. The highest BCUT2D eigenvalue weighted by atomic mass is 35.5. The molecule has 4 rings (SSSR count). The molecule has 176 valence electrons. The van der Waals surface area contributed by atoms with E-state index < -0.39 is 24.3 Å². The van der Waals surface area contributed by atoms with Crippen LogP contribution in [0.3, 0.4) is 0 Å². The van der Waals surface area contributed by atoms with Crippen LogP contribution in [0.4, 0.5) is 8.78 Å². The van der Waals surface area contributed by atoms with Crippen LogP contribution < -0.4 is 10.1 Å². The first-order valence-corrected chi connectivity index (χ1v) is 10.7. The molecule has 34 heavy (non-hydrogen) atoms. The number of rotatable bonds is 7. The fraction of sp³-hybridized carbons (Fsp3) is 0.208. The number of aliphatic hydroxyl groups excluding tert-OH is 1. The topological polar surface area (TPSA) is 89.3 Å². The van der Waals surface area contributed by atoms with Gasteiger partial charge >= 0.3 is 0 Å². The molecule has 10 heteroatoms. The SMILES string of the molecule is CC(=O)NC(CO)c1cc(F)cc(Cl)c1COc1cccc2c(-n3cc(F)cn3)cc(C)nc12. The van der Waals surface area contributed by atoms with E-state index in [1.807, 2.05) is 6.07 Å². The number of carbonyl (C=O) groups excluding carboxylic acids is 1.